The molecule has 0 unspecified atom stereocenters. The van der Waals surface area contributed by atoms with Gasteiger partial charge in [0.15, 0.2) is 17.9 Å². The monoisotopic (exact) mass is 264 g/mol. The standard InChI is InChI=1S/C15H14F2O2/c1-2-3-8-19-13-7-5-10-4-6-12(16)15(17)14(10)11(13)9-18/h4-7,9H,2-3,8H2,1H3. The van der Waals surface area contributed by atoms with Crippen molar-refractivity contribution in [3.8, 4) is 5.75 Å². The predicted octanol–water partition coefficient (Wildman–Crippen LogP) is 4.11. The second-order valence-corrected chi connectivity index (χ2v) is 4.26. The molecular weight excluding hydrogens is 250 g/mol. The molecule has 2 nitrogen and oxygen atoms in total. The van der Waals surface area contributed by atoms with Gasteiger partial charge >= 0.3 is 0 Å². The molecule has 0 saturated heterocycles. The first-order valence-electron chi connectivity index (χ1n) is 6.17. The van der Waals surface area contributed by atoms with Crippen LogP contribution in [0.1, 0.15) is 30.1 Å². The number of fused-ring (bicyclic) bond motifs is 1. The molecule has 19 heavy (non-hydrogen) atoms. The lowest BCUT2D eigenvalue weighted by molar-refractivity contribution is 0.112. The van der Waals surface area contributed by atoms with Crippen molar-refractivity contribution < 1.29 is 18.3 Å². The molecule has 100 valence electrons. The third kappa shape index (κ3) is 2.57. The van der Waals surface area contributed by atoms with Crippen molar-refractivity contribution in [3.63, 3.8) is 0 Å². The summed E-state index contributed by atoms with van der Waals surface area (Å²) >= 11 is 0. The van der Waals surface area contributed by atoms with Gasteiger partial charge in [-0.05, 0) is 23.9 Å². The highest BCUT2D eigenvalue weighted by atomic mass is 19.2. The number of hydrogen-bond acceptors (Lipinski definition) is 2. The van der Waals surface area contributed by atoms with Crippen molar-refractivity contribution in [2.45, 2.75) is 19.8 Å². The Morgan fingerprint density at radius 1 is 1.21 bits per heavy atom. The van der Waals surface area contributed by atoms with E-state index in [1.165, 1.54) is 6.07 Å². The van der Waals surface area contributed by atoms with Crippen LogP contribution in [0.4, 0.5) is 8.78 Å². The van der Waals surface area contributed by atoms with Gasteiger partial charge in [-0.15, -0.1) is 0 Å². The lowest BCUT2D eigenvalue weighted by atomic mass is 10.0. The zero-order valence-corrected chi connectivity index (χ0v) is 10.6. The largest absolute Gasteiger partial charge is 0.493 e. The van der Waals surface area contributed by atoms with Crippen molar-refractivity contribution in [3.05, 3.63) is 41.5 Å². The number of aldehydes is 1. The van der Waals surface area contributed by atoms with E-state index in [9.17, 15) is 13.6 Å². The van der Waals surface area contributed by atoms with Gasteiger partial charge in [-0.3, -0.25) is 4.79 Å². The highest BCUT2D eigenvalue weighted by Gasteiger charge is 2.15. The zero-order valence-electron chi connectivity index (χ0n) is 10.6. The summed E-state index contributed by atoms with van der Waals surface area (Å²) in [6, 6.07) is 5.71. The molecule has 2 aromatic rings. The molecule has 0 amide bonds. The number of halogens is 2. The number of ether oxygens (including phenoxy) is 1. The maximum absolute atomic E-state index is 13.8. The fourth-order valence-corrected chi connectivity index (χ4v) is 1.93. The fourth-order valence-electron chi connectivity index (χ4n) is 1.93. The molecule has 0 aliphatic rings. The fraction of sp³-hybridized carbons (Fsp3) is 0.267. The molecule has 0 fully saturated rings. The van der Waals surface area contributed by atoms with E-state index in [1.807, 2.05) is 6.92 Å². The van der Waals surface area contributed by atoms with E-state index >= 15 is 0 Å². The van der Waals surface area contributed by atoms with E-state index in [4.69, 9.17) is 4.74 Å². The van der Waals surface area contributed by atoms with Gasteiger partial charge in [0.1, 0.15) is 5.75 Å². The number of hydrogen-bond donors (Lipinski definition) is 0. The Morgan fingerprint density at radius 3 is 2.63 bits per heavy atom. The first-order chi connectivity index (χ1) is 9.19. The van der Waals surface area contributed by atoms with Gasteiger partial charge in [-0.2, -0.15) is 0 Å². The maximum Gasteiger partial charge on any atom is 0.167 e. The van der Waals surface area contributed by atoms with Gasteiger partial charge in [0.25, 0.3) is 0 Å². The van der Waals surface area contributed by atoms with Crippen LogP contribution in [0.3, 0.4) is 0 Å². The summed E-state index contributed by atoms with van der Waals surface area (Å²) in [6.45, 7) is 2.46. The molecule has 0 radical (unpaired) electrons. The third-order valence-electron chi connectivity index (χ3n) is 2.95. The molecule has 0 N–H and O–H groups in total. The predicted molar refractivity (Wildman–Crippen MR) is 69.7 cm³/mol. The van der Waals surface area contributed by atoms with E-state index in [0.717, 1.165) is 18.9 Å². The molecular formula is C15H14F2O2. The van der Waals surface area contributed by atoms with Crippen LogP contribution >= 0.6 is 0 Å². The van der Waals surface area contributed by atoms with Crippen LogP contribution in [0.15, 0.2) is 24.3 Å². The summed E-state index contributed by atoms with van der Waals surface area (Å²) in [7, 11) is 0. The first-order valence-corrected chi connectivity index (χ1v) is 6.17. The minimum absolute atomic E-state index is 0.0241. The SMILES string of the molecule is CCCCOc1ccc2ccc(F)c(F)c2c1C=O. The first kappa shape index (κ1) is 13.5. The van der Waals surface area contributed by atoms with E-state index < -0.39 is 11.6 Å². The molecule has 0 atom stereocenters. The van der Waals surface area contributed by atoms with E-state index in [1.54, 1.807) is 12.1 Å². The second kappa shape index (κ2) is 5.78. The van der Waals surface area contributed by atoms with Gasteiger partial charge in [0.05, 0.1) is 12.2 Å². The van der Waals surface area contributed by atoms with Crippen LogP contribution in [0.5, 0.6) is 5.75 Å². The summed E-state index contributed by atoms with van der Waals surface area (Å²) in [5.41, 5.74) is 0.0607. The van der Waals surface area contributed by atoms with Gasteiger partial charge < -0.3 is 4.74 Å². The Labute approximate surface area is 110 Å². The molecule has 0 saturated carbocycles. The second-order valence-electron chi connectivity index (χ2n) is 4.26. The Hall–Kier alpha value is -1.97. The Kier molecular flexibility index (Phi) is 4.10. The van der Waals surface area contributed by atoms with Crippen LogP contribution in [-0.2, 0) is 0 Å². The van der Waals surface area contributed by atoms with E-state index in [2.05, 4.69) is 0 Å². The molecule has 0 bridgehead atoms. The van der Waals surface area contributed by atoms with E-state index in [-0.39, 0.29) is 10.9 Å². The number of unbranched alkanes of at least 4 members (excludes halogenated alkanes) is 1. The lowest BCUT2D eigenvalue weighted by Crippen LogP contribution is -2.01. The molecule has 0 aromatic heterocycles. The van der Waals surface area contributed by atoms with Gasteiger partial charge in [0, 0.05) is 5.39 Å². The van der Waals surface area contributed by atoms with Crippen LogP contribution in [0.25, 0.3) is 10.8 Å². The van der Waals surface area contributed by atoms with E-state index in [0.29, 0.717) is 24.0 Å². The summed E-state index contributed by atoms with van der Waals surface area (Å²) in [6.07, 6.45) is 2.29. The van der Waals surface area contributed by atoms with Gasteiger partial charge in [-0.25, -0.2) is 8.78 Å². The maximum atomic E-state index is 13.8. The summed E-state index contributed by atoms with van der Waals surface area (Å²) in [4.78, 5) is 11.2. The number of rotatable bonds is 5. The molecule has 2 rings (SSSR count). The summed E-state index contributed by atoms with van der Waals surface area (Å²) in [5, 5.41) is 0.452. The molecule has 0 heterocycles. The molecule has 0 aliphatic carbocycles. The topological polar surface area (TPSA) is 26.3 Å². The van der Waals surface area contributed by atoms with Crippen LogP contribution in [-0.4, -0.2) is 12.9 Å². The number of carbonyl (C=O) groups is 1. The third-order valence-corrected chi connectivity index (χ3v) is 2.95. The van der Waals surface area contributed by atoms with Crippen LogP contribution < -0.4 is 4.74 Å². The van der Waals surface area contributed by atoms with Crippen LogP contribution in [0.2, 0.25) is 0 Å². The van der Waals surface area contributed by atoms with Crippen molar-refractivity contribution >= 4 is 17.1 Å². The smallest absolute Gasteiger partial charge is 0.167 e. The quantitative estimate of drug-likeness (QED) is 0.600. The van der Waals surface area contributed by atoms with Gasteiger partial charge in [0.2, 0.25) is 0 Å². The normalized spacial score (nSPS) is 10.7. The molecule has 2 aromatic carbocycles. The van der Waals surface area contributed by atoms with Crippen molar-refractivity contribution in [2.24, 2.45) is 0 Å². The minimum Gasteiger partial charge on any atom is -0.493 e. The van der Waals surface area contributed by atoms with Crippen molar-refractivity contribution in [1.82, 2.24) is 0 Å². The Bertz CT molecular complexity index is 609. The summed E-state index contributed by atoms with van der Waals surface area (Å²) < 4.78 is 32.5. The average Bonchev–Trinajstić information content (AvgIpc) is 2.43. The zero-order chi connectivity index (χ0) is 13.8. The Morgan fingerprint density at radius 2 is 1.95 bits per heavy atom. The Balaban J connectivity index is 2.55. The molecule has 0 aliphatic heterocycles. The van der Waals surface area contributed by atoms with Crippen molar-refractivity contribution in [1.29, 1.82) is 0 Å². The lowest BCUT2D eigenvalue weighted by Gasteiger charge is -2.11. The minimum atomic E-state index is -1.01. The number of carbonyl (C=O) groups excluding carboxylic acids is 1. The summed E-state index contributed by atoms with van der Waals surface area (Å²) in [5.74, 6) is -1.69. The highest BCUT2D eigenvalue weighted by Crippen LogP contribution is 2.30. The van der Waals surface area contributed by atoms with Crippen LogP contribution in [0, 0.1) is 11.6 Å². The van der Waals surface area contributed by atoms with Crippen molar-refractivity contribution in [2.75, 3.05) is 6.61 Å². The van der Waals surface area contributed by atoms with Gasteiger partial charge in [-0.1, -0.05) is 25.5 Å². The highest BCUT2D eigenvalue weighted by molar-refractivity contribution is 6.01. The average molecular weight is 264 g/mol. The molecule has 4 heteroatoms. The molecule has 0 spiro atoms. The number of benzene rings is 2.